The zero-order valence-electron chi connectivity index (χ0n) is 9.37. The van der Waals surface area contributed by atoms with Gasteiger partial charge in [0.05, 0.1) is 5.92 Å². The van der Waals surface area contributed by atoms with Crippen molar-refractivity contribution >= 4 is 11.8 Å². The van der Waals surface area contributed by atoms with Gasteiger partial charge in [-0.1, -0.05) is 6.92 Å². The molecule has 0 aromatic carbocycles. The van der Waals surface area contributed by atoms with Gasteiger partial charge in [-0.25, -0.2) is 9.97 Å². The monoisotopic (exact) mass is 232 g/mol. The second-order valence-electron chi connectivity index (χ2n) is 4.13. The number of nitrogens with zero attached hydrogens (tertiary/aromatic N) is 4. The normalized spacial score (nSPS) is 17.1. The first kappa shape index (κ1) is 11.3. The number of rotatable bonds is 3. The highest BCUT2D eigenvalue weighted by Gasteiger charge is 2.36. The fourth-order valence-corrected chi connectivity index (χ4v) is 1.84. The highest BCUT2D eigenvalue weighted by atomic mass is 16.4. The molecule has 1 fully saturated rings. The lowest BCUT2D eigenvalue weighted by atomic mass is 9.87. The van der Waals surface area contributed by atoms with Crippen LogP contribution in [0, 0.1) is 23.2 Å². The topological polar surface area (TPSA) is 90.1 Å². The minimum atomic E-state index is -0.783. The summed E-state index contributed by atoms with van der Waals surface area (Å²) in [5, 5.41) is 17.8. The lowest BCUT2D eigenvalue weighted by Gasteiger charge is -2.41. The lowest BCUT2D eigenvalue weighted by Crippen LogP contribution is -2.51. The van der Waals surface area contributed by atoms with Crippen LogP contribution >= 0.6 is 0 Å². The molecule has 0 radical (unpaired) electrons. The van der Waals surface area contributed by atoms with Crippen LogP contribution in [0.4, 0.5) is 5.82 Å². The molecule has 1 saturated heterocycles. The molecule has 1 atom stereocenters. The Morgan fingerprint density at radius 1 is 1.59 bits per heavy atom. The van der Waals surface area contributed by atoms with Gasteiger partial charge in [0.2, 0.25) is 0 Å². The molecular formula is C11H12N4O2. The fraction of sp³-hybridized carbons (Fsp3) is 0.455. The maximum Gasteiger partial charge on any atom is 0.306 e. The second kappa shape index (κ2) is 4.37. The lowest BCUT2D eigenvalue weighted by molar-refractivity contribution is -0.143. The Balaban J connectivity index is 2.05. The van der Waals surface area contributed by atoms with E-state index in [1.807, 2.05) is 11.0 Å². The molecule has 1 aliphatic heterocycles. The predicted octanol–water partition coefficient (Wildman–Crippen LogP) is 0.505. The standard InChI is InChI=1S/C11H12N4O2/c1-7(11(16)17)8-5-15(6-8)10-9(4-12)13-2-3-14-10/h2-3,7-8H,5-6H2,1H3,(H,16,17). The van der Waals surface area contributed by atoms with Crippen molar-refractivity contribution in [2.24, 2.45) is 11.8 Å². The maximum atomic E-state index is 10.8. The van der Waals surface area contributed by atoms with Gasteiger partial charge in [0.15, 0.2) is 11.5 Å². The van der Waals surface area contributed by atoms with Crippen LogP contribution in [0.25, 0.3) is 0 Å². The number of carbonyl (C=O) groups is 1. The van der Waals surface area contributed by atoms with E-state index in [2.05, 4.69) is 9.97 Å². The predicted molar refractivity (Wildman–Crippen MR) is 59.2 cm³/mol. The molecule has 1 aromatic heterocycles. The van der Waals surface area contributed by atoms with E-state index in [9.17, 15) is 4.79 Å². The fourth-order valence-electron chi connectivity index (χ4n) is 1.84. The van der Waals surface area contributed by atoms with Gasteiger partial charge in [-0.05, 0) is 0 Å². The molecule has 1 aromatic rings. The zero-order chi connectivity index (χ0) is 12.4. The summed E-state index contributed by atoms with van der Waals surface area (Å²) in [7, 11) is 0. The van der Waals surface area contributed by atoms with Crippen molar-refractivity contribution < 1.29 is 9.90 Å². The molecule has 0 aliphatic carbocycles. The summed E-state index contributed by atoms with van der Waals surface area (Å²) in [5.74, 6) is -0.493. The van der Waals surface area contributed by atoms with E-state index in [1.54, 1.807) is 6.92 Å². The van der Waals surface area contributed by atoms with Gasteiger partial charge in [0.1, 0.15) is 6.07 Å². The number of carboxylic acids is 1. The van der Waals surface area contributed by atoms with Gasteiger partial charge in [0, 0.05) is 31.4 Å². The molecule has 0 amide bonds. The van der Waals surface area contributed by atoms with Gasteiger partial charge in [-0.3, -0.25) is 4.79 Å². The van der Waals surface area contributed by atoms with Crippen LogP contribution < -0.4 is 4.90 Å². The smallest absolute Gasteiger partial charge is 0.306 e. The summed E-state index contributed by atoms with van der Waals surface area (Å²) in [6, 6.07) is 1.98. The molecule has 1 unspecified atom stereocenters. The van der Waals surface area contributed by atoms with E-state index in [0.717, 1.165) is 0 Å². The van der Waals surface area contributed by atoms with E-state index in [0.29, 0.717) is 18.9 Å². The molecule has 2 heterocycles. The van der Waals surface area contributed by atoms with Crippen LogP contribution in [0.5, 0.6) is 0 Å². The molecule has 6 heteroatoms. The number of anilines is 1. The molecule has 0 bridgehead atoms. The maximum absolute atomic E-state index is 10.8. The van der Waals surface area contributed by atoms with Crippen LogP contribution in [-0.4, -0.2) is 34.1 Å². The Kier molecular flexibility index (Phi) is 2.91. The number of aromatic nitrogens is 2. The highest BCUT2D eigenvalue weighted by Crippen LogP contribution is 2.29. The molecule has 88 valence electrons. The molecule has 6 nitrogen and oxygen atoms in total. The van der Waals surface area contributed by atoms with Crippen molar-refractivity contribution in [3.8, 4) is 6.07 Å². The van der Waals surface area contributed by atoms with Crippen molar-refractivity contribution in [1.29, 1.82) is 5.26 Å². The Labute approximate surface area is 98.5 Å². The van der Waals surface area contributed by atoms with Crippen molar-refractivity contribution in [2.45, 2.75) is 6.92 Å². The first-order valence-corrected chi connectivity index (χ1v) is 5.32. The third kappa shape index (κ3) is 2.04. The molecule has 2 rings (SSSR count). The molecule has 1 aliphatic rings. The first-order chi connectivity index (χ1) is 8.13. The third-order valence-electron chi connectivity index (χ3n) is 3.09. The van der Waals surface area contributed by atoms with Gasteiger partial charge in [-0.15, -0.1) is 0 Å². The van der Waals surface area contributed by atoms with Gasteiger partial charge < -0.3 is 10.0 Å². The minimum absolute atomic E-state index is 0.112. The molecule has 0 saturated carbocycles. The van der Waals surface area contributed by atoms with E-state index < -0.39 is 5.97 Å². The number of hydrogen-bond acceptors (Lipinski definition) is 5. The van der Waals surface area contributed by atoms with Gasteiger partial charge in [-0.2, -0.15) is 5.26 Å². The number of nitriles is 1. The Bertz CT molecular complexity index is 477. The number of hydrogen-bond donors (Lipinski definition) is 1. The Morgan fingerprint density at radius 2 is 2.24 bits per heavy atom. The van der Waals surface area contributed by atoms with Crippen LogP contribution in [0.1, 0.15) is 12.6 Å². The highest BCUT2D eigenvalue weighted by molar-refractivity contribution is 5.70. The summed E-state index contributed by atoms with van der Waals surface area (Å²) in [4.78, 5) is 20.7. The summed E-state index contributed by atoms with van der Waals surface area (Å²) >= 11 is 0. The minimum Gasteiger partial charge on any atom is -0.481 e. The summed E-state index contributed by atoms with van der Waals surface area (Å²) in [5.41, 5.74) is 0.286. The van der Waals surface area contributed by atoms with Crippen molar-refractivity contribution in [1.82, 2.24) is 9.97 Å². The molecule has 0 spiro atoms. The number of aliphatic carboxylic acids is 1. The van der Waals surface area contributed by atoms with Crippen molar-refractivity contribution in [3.63, 3.8) is 0 Å². The third-order valence-corrected chi connectivity index (χ3v) is 3.09. The van der Waals surface area contributed by atoms with Gasteiger partial charge in [0.25, 0.3) is 0 Å². The van der Waals surface area contributed by atoms with E-state index in [1.165, 1.54) is 12.4 Å². The van der Waals surface area contributed by atoms with Crippen LogP contribution in [0.15, 0.2) is 12.4 Å². The first-order valence-electron chi connectivity index (χ1n) is 5.32. The van der Waals surface area contributed by atoms with Crippen LogP contribution in [0.3, 0.4) is 0 Å². The molecular weight excluding hydrogens is 220 g/mol. The molecule has 1 N–H and O–H groups in total. The summed E-state index contributed by atoms with van der Waals surface area (Å²) < 4.78 is 0. The SMILES string of the molecule is CC(C(=O)O)C1CN(c2nccnc2C#N)C1. The number of carboxylic acid groups (broad SMARTS) is 1. The molecule has 17 heavy (non-hydrogen) atoms. The average Bonchev–Trinajstić information content (AvgIpc) is 2.27. The van der Waals surface area contributed by atoms with Crippen LogP contribution in [0.2, 0.25) is 0 Å². The second-order valence-corrected chi connectivity index (χ2v) is 4.13. The Hall–Kier alpha value is -2.16. The van der Waals surface area contributed by atoms with Crippen molar-refractivity contribution in [3.05, 3.63) is 18.1 Å². The van der Waals surface area contributed by atoms with E-state index in [-0.39, 0.29) is 17.5 Å². The summed E-state index contributed by atoms with van der Waals surface area (Å²) in [6.45, 7) is 2.92. The zero-order valence-corrected chi connectivity index (χ0v) is 9.37. The quantitative estimate of drug-likeness (QED) is 0.816. The van der Waals surface area contributed by atoms with E-state index in [4.69, 9.17) is 10.4 Å². The Morgan fingerprint density at radius 3 is 2.82 bits per heavy atom. The van der Waals surface area contributed by atoms with E-state index >= 15 is 0 Å². The van der Waals surface area contributed by atoms with Crippen LogP contribution in [-0.2, 0) is 4.79 Å². The summed E-state index contributed by atoms with van der Waals surface area (Å²) in [6.07, 6.45) is 3.00. The van der Waals surface area contributed by atoms with Gasteiger partial charge >= 0.3 is 5.97 Å². The largest absolute Gasteiger partial charge is 0.481 e. The van der Waals surface area contributed by atoms with Crippen molar-refractivity contribution in [2.75, 3.05) is 18.0 Å². The average molecular weight is 232 g/mol.